The number of carboxylic acid groups (broad SMARTS) is 3. The molecule has 0 saturated carbocycles. The second kappa shape index (κ2) is 9.75. The minimum absolute atomic E-state index is 0.345. The molecule has 0 aromatic rings. The van der Waals surface area contributed by atoms with Crippen LogP contribution >= 0.6 is 0 Å². The predicted octanol–water partition coefficient (Wildman–Crippen LogP) is 0.191. The van der Waals surface area contributed by atoms with Gasteiger partial charge >= 0.3 is 17.9 Å². The van der Waals surface area contributed by atoms with Crippen molar-refractivity contribution in [1.82, 2.24) is 0 Å². The van der Waals surface area contributed by atoms with Crippen molar-refractivity contribution in [2.24, 2.45) is 5.92 Å². The van der Waals surface area contributed by atoms with Gasteiger partial charge in [0.1, 0.15) is 0 Å². The molecule has 0 amide bonds. The first-order valence-corrected chi connectivity index (χ1v) is 5.38. The average Bonchev–Trinajstić information content (AvgIpc) is 2.34. The fourth-order valence-corrected chi connectivity index (χ4v) is 0.724. The highest BCUT2D eigenvalue weighted by Crippen LogP contribution is 2.00. The lowest BCUT2D eigenvalue weighted by Crippen LogP contribution is -2.19. The van der Waals surface area contributed by atoms with E-state index < -0.39 is 42.3 Å². The molecule has 0 saturated heterocycles. The van der Waals surface area contributed by atoms with Crippen molar-refractivity contribution in [1.29, 1.82) is 0 Å². The van der Waals surface area contributed by atoms with Crippen molar-refractivity contribution in [3.63, 3.8) is 0 Å². The molecule has 0 aromatic heterocycles. The summed E-state index contributed by atoms with van der Waals surface area (Å²) in [5, 5.41) is 24.1. The highest BCUT2D eigenvalue weighted by atomic mass is 16.4. The van der Waals surface area contributed by atoms with E-state index in [4.69, 9.17) is 15.3 Å². The fourth-order valence-electron chi connectivity index (χ4n) is 0.724. The summed E-state index contributed by atoms with van der Waals surface area (Å²) >= 11 is 0. The molecule has 1 unspecified atom stereocenters. The normalized spacial score (nSPS) is 10.6. The number of aliphatic carboxylic acids is 3. The van der Waals surface area contributed by atoms with Gasteiger partial charge in [0, 0.05) is 12.3 Å². The fraction of sp³-hybridized carbons (Fsp3) is 0.545. The molecule has 0 bridgehead atoms. The summed E-state index contributed by atoms with van der Waals surface area (Å²) in [6.07, 6.45) is -0.277. The van der Waals surface area contributed by atoms with E-state index in [0.29, 0.717) is 6.42 Å². The molecule has 0 heterocycles. The molecular weight excluding hydrogens is 260 g/mol. The van der Waals surface area contributed by atoms with E-state index in [1.54, 1.807) is 13.8 Å². The zero-order chi connectivity index (χ0) is 15.6. The van der Waals surface area contributed by atoms with E-state index in [2.05, 4.69) is 0 Å². The second-order valence-electron chi connectivity index (χ2n) is 3.60. The lowest BCUT2D eigenvalue weighted by molar-refractivity contribution is -0.150. The van der Waals surface area contributed by atoms with Crippen LogP contribution in [0.5, 0.6) is 0 Å². The maximum atomic E-state index is 10.5. The molecule has 8 heteroatoms. The largest absolute Gasteiger partial charge is 0.481 e. The summed E-state index contributed by atoms with van der Waals surface area (Å²) in [5.74, 6) is -6.19. The third-order valence-corrected chi connectivity index (χ3v) is 2.08. The Kier molecular flexibility index (Phi) is 9.80. The summed E-state index contributed by atoms with van der Waals surface area (Å²) in [6, 6.07) is 0. The molecule has 108 valence electrons. The average molecular weight is 276 g/mol. The number of rotatable bonds is 7. The quantitative estimate of drug-likeness (QED) is 0.558. The molecule has 0 rings (SSSR count). The van der Waals surface area contributed by atoms with Crippen LogP contribution in [-0.2, 0) is 24.0 Å². The van der Waals surface area contributed by atoms with Gasteiger partial charge in [-0.05, 0) is 6.42 Å². The van der Waals surface area contributed by atoms with Crippen LogP contribution in [0.3, 0.4) is 0 Å². The Labute approximate surface area is 109 Å². The number of ketones is 2. The van der Waals surface area contributed by atoms with E-state index in [1.165, 1.54) is 0 Å². The smallest absolute Gasteiger partial charge is 0.372 e. The molecule has 3 N–H and O–H groups in total. The Balaban J connectivity index is 0. The van der Waals surface area contributed by atoms with Gasteiger partial charge in [-0.1, -0.05) is 13.8 Å². The monoisotopic (exact) mass is 276 g/mol. The summed E-state index contributed by atoms with van der Waals surface area (Å²) in [7, 11) is 0. The first kappa shape index (κ1) is 19.1. The second-order valence-corrected chi connectivity index (χ2v) is 3.60. The topological polar surface area (TPSA) is 146 Å². The van der Waals surface area contributed by atoms with E-state index in [0.717, 1.165) is 0 Å². The zero-order valence-electron chi connectivity index (χ0n) is 10.6. The lowest BCUT2D eigenvalue weighted by atomic mass is 10.0. The summed E-state index contributed by atoms with van der Waals surface area (Å²) in [6.45, 7) is 3.39. The van der Waals surface area contributed by atoms with Crippen LogP contribution in [0.15, 0.2) is 0 Å². The molecule has 0 aliphatic heterocycles. The van der Waals surface area contributed by atoms with Crippen LogP contribution in [0.1, 0.15) is 33.1 Å². The van der Waals surface area contributed by atoms with Gasteiger partial charge in [0.05, 0.1) is 6.42 Å². The lowest BCUT2D eigenvalue weighted by Gasteiger charge is -1.99. The third kappa shape index (κ3) is 10.6. The van der Waals surface area contributed by atoms with Crippen molar-refractivity contribution in [2.75, 3.05) is 0 Å². The van der Waals surface area contributed by atoms with E-state index in [9.17, 15) is 24.0 Å². The van der Waals surface area contributed by atoms with E-state index in [1.807, 2.05) is 0 Å². The number of carbonyl (C=O) groups is 5. The van der Waals surface area contributed by atoms with Gasteiger partial charge in [-0.25, -0.2) is 9.59 Å². The van der Waals surface area contributed by atoms with Gasteiger partial charge in [0.15, 0.2) is 0 Å². The Morgan fingerprint density at radius 2 is 1.37 bits per heavy atom. The number of Topliss-reactive ketones (excluding diaryl/α,β-unsaturated/α-hetero) is 2. The molecule has 0 fully saturated rings. The Morgan fingerprint density at radius 3 is 1.58 bits per heavy atom. The van der Waals surface area contributed by atoms with Gasteiger partial charge in [0.2, 0.25) is 11.6 Å². The summed E-state index contributed by atoms with van der Waals surface area (Å²) in [4.78, 5) is 50.2. The first-order chi connectivity index (χ1) is 8.63. The minimum atomic E-state index is -1.58. The van der Waals surface area contributed by atoms with Gasteiger partial charge < -0.3 is 15.3 Å². The van der Waals surface area contributed by atoms with Crippen molar-refractivity contribution in [3.05, 3.63) is 0 Å². The molecule has 0 spiro atoms. The molecule has 0 radical (unpaired) electrons. The third-order valence-electron chi connectivity index (χ3n) is 2.08. The van der Waals surface area contributed by atoms with Crippen molar-refractivity contribution >= 4 is 29.5 Å². The van der Waals surface area contributed by atoms with Gasteiger partial charge in [-0.15, -0.1) is 0 Å². The molecule has 8 nitrogen and oxygen atoms in total. The minimum Gasteiger partial charge on any atom is -0.481 e. The van der Waals surface area contributed by atoms with E-state index in [-0.39, 0.29) is 5.92 Å². The maximum Gasteiger partial charge on any atom is 0.372 e. The predicted molar refractivity (Wildman–Crippen MR) is 61.6 cm³/mol. The molecular formula is C11H16O8. The van der Waals surface area contributed by atoms with Crippen molar-refractivity contribution < 1.29 is 39.3 Å². The first-order valence-electron chi connectivity index (χ1n) is 5.38. The molecule has 0 aliphatic rings. The molecule has 19 heavy (non-hydrogen) atoms. The summed E-state index contributed by atoms with van der Waals surface area (Å²) < 4.78 is 0. The molecule has 0 aromatic carbocycles. The number of carbonyl (C=O) groups excluding carboxylic acids is 2. The van der Waals surface area contributed by atoms with Crippen molar-refractivity contribution in [2.45, 2.75) is 33.1 Å². The molecule has 0 aliphatic carbocycles. The van der Waals surface area contributed by atoms with Crippen LogP contribution in [0, 0.1) is 5.92 Å². The summed E-state index contributed by atoms with van der Waals surface area (Å²) in [5.41, 5.74) is 0. The van der Waals surface area contributed by atoms with Crippen LogP contribution in [-0.4, -0.2) is 44.8 Å². The Morgan fingerprint density at radius 1 is 0.895 bits per heavy atom. The number of carboxylic acids is 3. The zero-order valence-corrected chi connectivity index (χ0v) is 10.6. The van der Waals surface area contributed by atoms with Crippen LogP contribution in [0.4, 0.5) is 0 Å². The van der Waals surface area contributed by atoms with Crippen LogP contribution in [0.25, 0.3) is 0 Å². The van der Waals surface area contributed by atoms with Crippen molar-refractivity contribution in [3.8, 4) is 0 Å². The SMILES string of the molecule is CCC(C)C(=O)C(=O)O.O=C(O)CCC(=O)C(=O)O. The van der Waals surface area contributed by atoms with Crippen LogP contribution in [0.2, 0.25) is 0 Å². The van der Waals surface area contributed by atoms with Gasteiger partial charge in [-0.2, -0.15) is 0 Å². The van der Waals surface area contributed by atoms with Crippen LogP contribution < -0.4 is 0 Å². The highest BCUT2D eigenvalue weighted by molar-refractivity contribution is 6.33. The number of hydrogen-bond acceptors (Lipinski definition) is 5. The molecule has 1 atom stereocenters. The standard InChI is InChI=1S/C6H10O3.C5H6O5/c1-3-4(2)5(7)6(8)9;6-3(5(9)10)1-2-4(7)8/h4H,3H2,1-2H3,(H,8,9);1-2H2,(H,7,8)(H,9,10). The maximum absolute atomic E-state index is 10.5. The number of hydrogen-bond donors (Lipinski definition) is 3. The van der Waals surface area contributed by atoms with Gasteiger partial charge in [-0.3, -0.25) is 14.4 Å². The Hall–Kier alpha value is -2.25. The van der Waals surface area contributed by atoms with E-state index >= 15 is 0 Å². The highest BCUT2D eigenvalue weighted by Gasteiger charge is 2.17. The Bertz CT molecular complexity index is 371. The van der Waals surface area contributed by atoms with Gasteiger partial charge in [0.25, 0.3) is 0 Å².